The van der Waals surface area contributed by atoms with Gasteiger partial charge in [-0.05, 0) is 37.0 Å². The van der Waals surface area contributed by atoms with E-state index in [-0.39, 0.29) is 25.3 Å². The third-order valence-electron chi connectivity index (χ3n) is 6.31. The molecule has 1 aliphatic rings. The summed E-state index contributed by atoms with van der Waals surface area (Å²) < 4.78 is 0. The van der Waals surface area contributed by atoms with Crippen molar-refractivity contribution in [1.82, 2.24) is 15.5 Å². The fraction of sp³-hybridized carbons (Fsp3) is 0.407. The molecule has 0 spiro atoms. The Hall–Kier alpha value is -3.88. The van der Waals surface area contributed by atoms with Gasteiger partial charge in [-0.1, -0.05) is 68.3 Å². The van der Waals surface area contributed by atoms with Crippen molar-refractivity contribution < 1.29 is 24.3 Å². The Morgan fingerprint density at radius 2 is 1.75 bits per heavy atom. The molecule has 3 atom stereocenters. The van der Waals surface area contributed by atoms with Crippen LogP contribution in [0.15, 0.2) is 54.6 Å². The Morgan fingerprint density at radius 3 is 2.42 bits per heavy atom. The molecule has 4 amide bonds. The van der Waals surface area contributed by atoms with Gasteiger partial charge >= 0.3 is 12.0 Å². The molecule has 3 rings (SSSR count). The fourth-order valence-corrected chi connectivity index (χ4v) is 4.33. The molecule has 1 fully saturated rings. The number of nitrogens with zero attached hydrogens (tertiary/aromatic N) is 1. The zero-order valence-electron chi connectivity index (χ0n) is 20.7. The predicted molar refractivity (Wildman–Crippen MR) is 136 cm³/mol. The van der Waals surface area contributed by atoms with Crippen LogP contribution in [-0.2, 0) is 20.8 Å². The monoisotopic (exact) mass is 494 g/mol. The van der Waals surface area contributed by atoms with Crippen molar-refractivity contribution in [3.63, 3.8) is 0 Å². The van der Waals surface area contributed by atoms with Crippen molar-refractivity contribution in [3.8, 4) is 0 Å². The Morgan fingerprint density at radius 1 is 1.06 bits per heavy atom. The molecule has 0 aliphatic carbocycles. The first-order valence-electron chi connectivity index (χ1n) is 12.3. The largest absolute Gasteiger partial charge is 0.480 e. The zero-order valence-corrected chi connectivity index (χ0v) is 20.7. The van der Waals surface area contributed by atoms with Gasteiger partial charge in [0.1, 0.15) is 12.1 Å². The molecule has 2 aromatic rings. The number of carboxylic acid groups (broad SMARTS) is 1. The number of hydrogen-bond acceptors (Lipinski definition) is 4. The number of hydrogen-bond donors (Lipinski definition) is 4. The molecule has 0 aromatic heterocycles. The Kier molecular flexibility index (Phi) is 9.44. The second-order valence-corrected chi connectivity index (χ2v) is 9.11. The molecular weight excluding hydrogens is 460 g/mol. The summed E-state index contributed by atoms with van der Waals surface area (Å²) >= 11 is 0. The van der Waals surface area contributed by atoms with Crippen LogP contribution in [0.1, 0.15) is 43.7 Å². The lowest BCUT2D eigenvalue weighted by molar-refractivity contribution is -0.144. The van der Waals surface area contributed by atoms with Crippen molar-refractivity contribution >= 4 is 29.5 Å². The zero-order chi connectivity index (χ0) is 26.1. The number of aryl methyl sites for hydroxylation is 1. The fourth-order valence-electron chi connectivity index (χ4n) is 4.33. The van der Waals surface area contributed by atoms with E-state index < -0.39 is 36.0 Å². The SMILES string of the molecule is CCCC[C@H](NC(=O)[C@@H]1CC(NC(=O)Nc2ccccc2C)CN1C(=O)Cc1ccccc1)C(=O)O. The number of aliphatic carboxylic acids is 1. The third-order valence-corrected chi connectivity index (χ3v) is 6.31. The smallest absolute Gasteiger partial charge is 0.326 e. The van der Waals surface area contributed by atoms with Gasteiger partial charge in [0, 0.05) is 12.2 Å². The van der Waals surface area contributed by atoms with Crippen molar-refractivity contribution in [2.24, 2.45) is 0 Å². The molecule has 9 heteroatoms. The summed E-state index contributed by atoms with van der Waals surface area (Å²) in [6, 6.07) is 13.7. The minimum Gasteiger partial charge on any atom is -0.480 e. The van der Waals surface area contributed by atoms with E-state index >= 15 is 0 Å². The first kappa shape index (κ1) is 26.7. The average molecular weight is 495 g/mol. The number of carbonyl (C=O) groups excluding carboxylic acids is 3. The maximum Gasteiger partial charge on any atom is 0.326 e. The lowest BCUT2D eigenvalue weighted by Gasteiger charge is -2.25. The number of rotatable bonds is 10. The first-order valence-corrected chi connectivity index (χ1v) is 12.3. The highest BCUT2D eigenvalue weighted by molar-refractivity contribution is 5.93. The molecule has 4 N–H and O–H groups in total. The number of amides is 4. The number of nitrogens with one attached hydrogen (secondary N) is 3. The van der Waals surface area contributed by atoms with Crippen LogP contribution in [0.2, 0.25) is 0 Å². The molecule has 2 aromatic carbocycles. The van der Waals surface area contributed by atoms with Crippen LogP contribution in [0, 0.1) is 6.92 Å². The van der Waals surface area contributed by atoms with Gasteiger partial charge in [-0.2, -0.15) is 0 Å². The van der Waals surface area contributed by atoms with Gasteiger partial charge in [0.05, 0.1) is 12.5 Å². The molecule has 0 bridgehead atoms. The van der Waals surface area contributed by atoms with Gasteiger partial charge < -0.3 is 26.0 Å². The standard InChI is InChI=1S/C27H34N4O5/c1-3-4-13-22(26(34)35)29-25(33)23-16-20(28-27(36)30-21-14-9-8-10-18(21)2)17-31(23)24(32)15-19-11-6-5-7-12-19/h5-12,14,20,22-23H,3-4,13,15-17H2,1-2H3,(H,29,33)(H,34,35)(H2,28,30,36)/t20?,22-,23-/m0/s1. The normalized spacial score (nSPS) is 17.8. The van der Waals surface area contributed by atoms with Gasteiger partial charge in [-0.15, -0.1) is 0 Å². The number of urea groups is 1. The number of benzene rings is 2. The number of carboxylic acids is 1. The van der Waals surface area contributed by atoms with Gasteiger partial charge in [0.25, 0.3) is 0 Å². The van der Waals surface area contributed by atoms with Crippen LogP contribution in [0.5, 0.6) is 0 Å². The number of anilines is 1. The maximum atomic E-state index is 13.2. The number of para-hydroxylation sites is 1. The molecule has 0 saturated carbocycles. The third kappa shape index (κ3) is 7.31. The maximum absolute atomic E-state index is 13.2. The molecule has 0 radical (unpaired) electrons. The van der Waals surface area contributed by atoms with Gasteiger partial charge in [0.2, 0.25) is 11.8 Å². The van der Waals surface area contributed by atoms with Crippen LogP contribution in [0.3, 0.4) is 0 Å². The number of unbranched alkanes of at least 4 members (excludes halogenated alkanes) is 1. The van der Waals surface area contributed by atoms with Crippen LogP contribution < -0.4 is 16.0 Å². The summed E-state index contributed by atoms with van der Waals surface area (Å²) in [5.41, 5.74) is 2.38. The molecule has 192 valence electrons. The molecule has 1 heterocycles. The van der Waals surface area contributed by atoms with E-state index in [2.05, 4.69) is 16.0 Å². The van der Waals surface area contributed by atoms with Crippen LogP contribution >= 0.6 is 0 Å². The molecular formula is C27H34N4O5. The Labute approximate surface area is 211 Å². The molecule has 9 nitrogen and oxygen atoms in total. The number of likely N-dealkylation sites (tertiary alicyclic amines) is 1. The summed E-state index contributed by atoms with van der Waals surface area (Å²) in [6.07, 6.45) is 2.05. The van der Waals surface area contributed by atoms with E-state index in [1.54, 1.807) is 6.07 Å². The Balaban J connectivity index is 1.72. The second kappa shape index (κ2) is 12.7. The molecule has 1 saturated heterocycles. The van der Waals surface area contributed by atoms with E-state index in [0.29, 0.717) is 18.5 Å². The lowest BCUT2D eigenvalue weighted by atomic mass is 10.1. The average Bonchev–Trinajstić information content (AvgIpc) is 3.27. The first-order chi connectivity index (χ1) is 17.3. The topological polar surface area (TPSA) is 128 Å². The van der Waals surface area contributed by atoms with Crippen molar-refractivity contribution in [2.45, 2.75) is 64.1 Å². The second-order valence-electron chi connectivity index (χ2n) is 9.11. The number of carbonyl (C=O) groups is 4. The highest BCUT2D eigenvalue weighted by Crippen LogP contribution is 2.21. The van der Waals surface area contributed by atoms with Gasteiger partial charge in [0.15, 0.2) is 0 Å². The lowest BCUT2D eigenvalue weighted by Crippen LogP contribution is -2.51. The van der Waals surface area contributed by atoms with E-state index in [0.717, 1.165) is 17.5 Å². The summed E-state index contributed by atoms with van der Waals surface area (Å²) in [6.45, 7) is 3.98. The Bertz CT molecular complexity index is 1070. The summed E-state index contributed by atoms with van der Waals surface area (Å²) in [5, 5.41) is 17.8. The van der Waals surface area contributed by atoms with E-state index in [4.69, 9.17) is 0 Å². The van der Waals surface area contributed by atoms with Gasteiger partial charge in [-0.25, -0.2) is 9.59 Å². The van der Waals surface area contributed by atoms with Crippen molar-refractivity contribution in [3.05, 3.63) is 65.7 Å². The summed E-state index contributed by atoms with van der Waals surface area (Å²) in [5.74, 6) is -1.89. The highest BCUT2D eigenvalue weighted by Gasteiger charge is 2.41. The summed E-state index contributed by atoms with van der Waals surface area (Å²) in [7, 11) is 0. The van der Waals surface area contributed by atoms with Crippen LogP contribution in [-0.4, -0.2) is 58.5 Å². The minimum atomic E-state index is -1.11. The molecule has 1 aliphatic heterocycles. The minimum absolute atomic E-state index is 0.102. The van der Waals surface area contributed by atoms with Crippen molar-refractivity contribution in [1.29, 1.82) is 0 Å². The van der Waals surface area contributed by atoms with E-state index in [9.17, 15) is 24.3 Å². The van der Waals surface area contributed by atoms with Crippen LogP contribution in [0.4, 0.5) is 10.5 Å². The van der Waals surface area contributed by atoms with Crippen LogP contribution in [0.25, 0.3) is 0 Å². The van der Waals surface area contributed by atoms with Gasteiger partial charge in [-0.3, -0.25) is 9.59 Å². The van der Waals surface area contributed by atoms with E-state index in [1.165, 1.54) is 4.90 Å². The quantitative estimate of drug-likeness (QED) is 0.404. The van der Waals surface area contributed by atoms with Crippen molar-refractivity contribution in [2.75, 3.05) is 11.9 Å². The molecule has 1 unspecified atom stereocenters. The van der Waals surface area contributed by atoms with E-state index in [1.807, 2.05) is 62.4 Å². The molecule has 36 heavy (non-hydrogen) atoms. The highest BCUT2D eigenvalue weighted by atomic mass is 16.4. The summed E-state index contributed by atoms with van der Waals surface area (Å²) in [4.78, 5) is 52.1. The predicted octanol–water partition coefficient (Wildman–Crippen LogP) is 3.09.